The monoisotopic (exact) mass is 387 g/mol. The summed E-state index contributed by atoms with van der Waals surface area (Å²) in [5, 5.41) is 24.6. The number of nitrogens with zero attached hydrogens (tertiary/aromatic N) is 1. The van der Waals surface area contributed by atoms with E-state index in [1.807, 2.05) is 30.3 Å². The molecule has 0 spiro atoms. The fourth-order valence-corrected chi connectivity index (χ4v) is 4.74. The van der Waals surface area contributed by atoms with Crippen LogP contribution in [0.2, 0.25) is 0 Å². The fraction of sp³-hybridized carbons (Fsp3) is 0.571. The lowest BCUT2D eigenvalue weighted by molar-refractivity contribution is -0.702. The highest BCUT2D eigenvalue weighted by Crippen LogP contribution is 2.41. The standard InChI is InChI=1S/C21H28N2O5/c1-13(22-16(20(25)26)11-10-14-6-3-2-4-7-14)19(24)23-17-9-5-8-15(17)12-18(23)21(27)28/h2-4,6-7,13,15-18,22H,5,8-12H2,1H3,(H,25,26)(H,27,28)/p-1/t13-,15-,16-,17-,18-/m0/s1. The highest BCUT2D eigenvalue weighted by Gasteiger charge is 2.48. The number of aryl methyl sites for hydroxylation is 1. The summed E-state index contributed by atoms with van der Waals surface area (Å²) in [7, 11) is 0. The van der Waals surface area contributed by atoms with Gasteiger partial charge in [-0.2, -0.15) is 0 Å². The number of hydrogen-bond donors (Lipinski definition) is 1. The smallest absolute Gasteiger partial charge is 0.281 e. The Labute approximate surface area is 164 Å². The Bertz CT molecular complexity index is 723. The van der Waals surface area contributed by atoms with E-state index in [0.29, 0.717) is 19.3 Å². The van der Waals surface area contributed by atoms with Gasteiger partial charge in [-0.05, 0) is 44.1 Å². The average molecular weight is 387 g/mol. The first-order chi connectivity index (χ1) is 13.4. The molecule has 2 fully saturated rings. The molecule has 1 aliphatic heterocycles. The van der Waals surface area contributed by atoms with E-state index in [2.05, 4.69) is 0 Å². The van der Waals surface area contributed by atoms with Gasteiger partial charge in [-0.15, -0.1) is 0 Å². The predicted octanol–water partition coefficient (Wildman–Crippen LogP) is -1.79. The number of carboxylic acid groups (broad SMARTS) is 2. The van der Waals surface area contributed by atoms with Crippen molar-refractivity contribution >= 4 is 17.8 Å². The molecule has 152 valence electrons. The molecule has 0 aromatic heterocycles. The molecule has 1 aromatic rings. The van der Waals surface area contributed by atoms with Crippen molar-refractivity contribution in [3.8, 4) is 0 Å². The third-order valence-electron chi connectivity index (χ3n) is 6.16. The van der Waals surface area contributed by atoms with Crippen LogP contribution in [-0.2, 0) is 20.8 Å². The van der Waals surface area contributed by atoms with Gasteiger partial charge in [0.05, 0.1) is 18.0 Å². The van der Waals surface area contributed by atoms with E-state index in [1.165, 1.54) is 10.2 Å². The molecule has 7 heteroatoms. The topological polar surface area (TPSA) is 117 Å². The number of rotatable bonds is 8. The predicted molar refractivity (Wildman–Crippen MR) is 96.3 cm³/mol. The molecule has 1 heterocycles. The molecule has 1 saturated carbocycles. The molecule has 1 amide bonds. The molecule has 5 atom stereocenters. The minimum atomic E-state index is -1.23. The van der Waals surface area contributed by atoms with E-state index in [9.17, 15) is 24.6 Å². The number of likely N-dealkylation sites (tertiary alicyclic amines) is 1. The van der Waals surface area contributed by atoms with Crippen molar-refractivity contribution < 1.29 is 29.9 Å². The number of aliphatic carboxylic acids is 2. The Balaban J connectivity index is 1.65. The number of amides is 1. The lowest BCUT2D eigenvalue weighted by atomic mass is 10.0. The molecule has 3 rings (SSSR count). The summed E-state index contributed by atoms with van der Waals surface area (Å²) >= 11 is 0. The molecule has 1 saturated heterocycles. The van der Waals surface area contributed by atoms with Gasteiger partial charge in [0.1, 0.15) is 6.04 Å². The summed E-state index contributed by atoms with van der Waals surface area (Å²) in [6.45, 7) is 1.63. The molecule has 28 heavy (non-hydrogen) atoms. The van der Waals surface area contributed by atoms with E-state index in [-0.39, 0.29) is 17.9 Å². The van der Waals surface area contributed by atoms with Crippen LogP contribution < -0.4 is 15.5 Å². The second-order valence-corrected chi connectivity index (χ2v) is 8.01. The van der Waals surface area contributed by atoms with E-state index >= 15 is 0 Å². The van der Waals surface area contributed by atoms with Gasteiger partial charge >= 0.3 is 0 Å². The quantitative estimate of drug-likeness (QED) is 0.565. The second kappa shape index (κ2) is 8.73. The first-order valence-corrected chi connectivity index (χ1v) is 10.0. The maximum Gasteiger partial charge on any atom is 0.281 e. The summed E-state index contributed by atoms with van der Waals surface area (Å²) in [4.78, 5) is 37.6. The maximum absolute atomic E-state index is 13.0. The van der Waals surface area contributed by atoms with Crippen molar-refractivity contribution in [2.75, 3.05) is 0 Å². The third kappa shape index (κ3) is 4.35. The number of carbonyl (C=O) groups is 3. The Kier molecular flexibility index (Phi) is 6.34. The summed E-state index contributed by atoms with van der Waals surface area (Å²) in [6, 6.07) is 6.98. The Hall–Kier alpha value is -2.41. The molecular formula is C21H27N2O5-. The van der Waals surface area contributed by atoms with Gasteiger partial charge in [0.25, 0.3) is 5.91 Å². The highest BCUT2D eigenvalue weighted by atomic mass is 16.4. The summed E-state index contributed by atoms with van der Waals surface area (Å²) < 4.78 is 0. The van der Waals surface area contributed by atoms with E-state index in [4.69, 9.17) is 0 Å². The van der Waals surface area contributed by atoms with Crippen LogP contribution >= 0.6 is 0 Å². The number of nitrogens with two attached hydrogens (primary N) is 1. The number of fused-ring (bicyclic) bond motifs is 1. The fourth-order valence-electron chi connectivity index (χ4n) is 4.74. The van der Waals surface area contributed by atoms with Crippen molar-refractivity contribution in [1.29, 1.82) is 0 Å². The first-order valence-electron chi connectivity index (χ1n) is 10.0. The molecule has 2 N–H and O–H groups in total. The lowest BCUT2D eigenvalue weighted by Crippen LogP contribution is -2.99. The number of carbonyl (C=O) groups excluding carboxylic acids is 3. The second-order valence-electron chi connectivity index (χ2n) is 8.01. The summed E-state index contributed by atoms with van der Waals surface area (Å²) in [5.41, 5.74) is 1.02. The van der Waals surface area contributed by atoms with E-state index < -0.39 is 30.1 Å². The minimum Gasteiger partial charge on any atom is -0.548 e. The molecule has 1 aromatic carbocycles. The third-order valence-corrected chi connectivity index (χ3v) is 6.16. The molecular weight excluding hydrogens is 360 g/mol. The van der Waals surface area contributed by atoms with Crippen LogP contribution in [0.15, 0.2) is 30.3 Å². The molecule has 2 aliphatic rings. The normalized spacial score (nSPS) is 25.9. The van der Waals surface area contributed by atoms with Gasteiger partial charge in [0.2, 0.25) is 0 Å². The van der Waals surface area contributed by atoms with Gasteiger partial charge in [0.15, 0.2) is 6.04 Å². The van der Waals surface area contributed by atoms with E-state index in [1.54, 1.807) is 6.92 Å². The van der Waals surface area contributed by atoms with Crippen LogP contribution in [0.1, 0.15) is 44.6 Å². The Morgan fingerprint density at radius 2 is 1.89 bits per heavy atom. The molecule has 1 aliphatic carbocycles. The number of quaternary nitrogens is 1. The van der Waals surface area contributed by atoms with Crippen molar-refractivity contribution in [3.63, 3.8) is 0 Å². The van der Waals surface area contributed by atoms with Crippen molar-refractivity contribution in [1.82, 2.24) is 4.90 Å². The number of carboxylic acids is 2. The highest BCUT2D eigenvalue weighted by molar-refractivity contribution is 5.86. The van der Waals surface area contributed by atoms with E-state index in [0.717, 1.165) is 24.8 Å². The first kappa shape index (κ1) is 20.3. The minimum absolute atomic E-state index is 0.0722. The van der Waals surface area contributed by atoms with Crippen LogP contribution in [0, 0.1) is 5.92 Å². The van der Waals surface area contributed by atoms with Gasteiger partial charge in [-0.1, -0.05) is 36.8 Å². The Morgan fingerprint density at radius 3 is 2.54 bits per heavy atom. The Morgan fingerprint density at radius 1 is 1.18 bits per heavy atom. The van der Waals surface area contributed by atoms with Crippen molar-refractivity contribution in [2.45, 2.75) is 69.6 Å². The zero-order valence-electron chi connectivity index (χ0n) is 16.1. The van der Waals surface area contributed by atoms with Crippen LogP contribution in [0.25, 0.3) is 0 Å². The number of hydrogen-bond acceptors (Lipinski definition) is 5. The van der Waals surface area contributed by atoms with Crippen LogP contribution in [0.3, 0.4) is 0 Å². The van der Waals surface area contributed by atoms with Crippen LogP contribution in [-0.4, -0.2) is 46.9 Å². The van der Waals surface area contributed by atoms with Crippen molar-refractivity contribution in [2.24, 2.45) is 5.92 Å². The molecule has 0 radical (unpaired) electrons. The SMILES string of the molecule is C[C@H]([NH2+][C@@H](CCc1ccccc1)C(=O)[O-])C(=O)N1[C@H](C(=O)[O-])C[C@@H]2CCC[C@@H]21. The van der Waals surface area contributed by atoms with Crippen LogP contribution in [0.5, 0.6) is 0 Å². The largest absolute Gasteiger partial charge is 0.548 e. The zero-order valence-corrected chi connectivity index (χ0v) is 16.1. The number of benzene rings is 1. The molecule has 0 unspecified atom stereocenters. The van der Waals surface area contributed by atoms with Gasteiger partial charge in [-0.25, -0.2) is 0 Å². The van der Waals surface area contributed by atoms with Gasteiger partial charge in [0, 0.05) is 12.5 Å². The maximum atomic E-state index is 13.0. The van der Waals surface area contributed by atoms with Gasteiger partial charge in [-0.3, -0.25) is 4.79 Å². The van der Waals surface area contributed by atoms with Crippen LogP contribution in [0.4, 0.5) is 0 Å². The lowest BCUT2D eigenvalue weighted by Gasteiger charge is -2.32. The zero-order chi connectivity index (χ0) is 20.3. The molecule has 0 bridgehead atoms. The summed E-state index contributed by atoms with van der Waals surface area (Å²) in [5.74, 6) is -2.56. The summed E-state index contributed by atoms with van der Waals surface area (Å²) in [6.07, 6.45) is 4.03. The molecule has 7 nitrogen and oxygen atoms in total. The average Bonchev–Trinajstić information content (AvgIpc) is 3.26. The van der Waals surface area contributed by atoms with Gasteiger partial charge < -0.3 is 30.0 Å². The van der Waals surface area contributed by atoms with Crippen molar-refractivity contribution in [3.05, 3.63) is 35.9 Å².